The summed E-state index contributed by atoms with van der Waals surface area (Å²) < 4.78 is 39.3. The van der Waals surface area contributed by atoms with E-state index in [0.717, 1.165) is 17.7 Å². The van der Waals surface area contributed by atoms with Crippen molar-refractivity contribution in [3.8, 4) is 11.5 Å². The molecular formula is C24H23BrF2N2O4. The number of rotatable bonds is 8. The van der Waals surface area contributed by atoms with Crippen LogP contribution in [-0.4, -0.2) is 30.2 Å². The standard InChI is InChI=1S/C24H23BrF2N2O4/c1-14-10-21(33-20-9-8-18(26)11-19(20)27)22(25)24(31)29(14)13-16-4-6-17(7-5-16)23(30)28-12-15(2)32-3/h4-11,15H,12-13H2,1-3H3,(H,28,30). The van der Waals surface area contributed by atoms with E-state index in [1.54, 1.807) is 44.4 Å². The van der Waals surface area contributed by atoms with Gasteiger partial charge in [-0.1, -0.05) is 12.1 Å². The second kappa shape index (κ2) is 10.7. The lowest BCUT2D eigenvalue weighted by atomic mass is 10.1. The van der Waals surface area contributed by atoms with Gasteiger partial charge in [0.15, 0.2) is 11.6 Å². The zero-order valence-corrected chi connectivity index (χ0v) is 19.9. The maximum absolute atomic E-state index is 13.9. The van der Waals surface area contributed by atoms with Gasteiger partial charge in [-0.3, -0.25) is 9.59 Å². The van der Waals surface area contributed by atoms with Crippen LogP contribution in [0.4, 0.5) is 8.78 Å². The first-order valence-corrected chi connectivity index (χ1v) is 10.9. The van der Waals surface area contributed by atoms with Crippen molar-refractivity contribution in [1.82, 2.24) is 9.88 Å². The van der Waals surface area contributed by atoms with Crippen molar-refractivity contribution in [3.05, 3.63) is 91.8 Å². The minimum Gasteiger partial charge on any atom is -0.453 e. The number of nitrogens with one attached hydrogen (secondary N) is 1. The van der Waals surface area contributed by atoms with Crippen molar-refractivity contribution >= 4 is 21.8 Å². The fraction of sp³-hybridized carbons (Fsp3) is 0.250. The van der Waals surface area contributed by atoms with E-state index in [0.29, 0.717) is 23.9 Å². The molecule has 1 atom stereocenters. The maximum atomic E-state index is 13.9. The van der Waals surface area contributed by atoms with Gasteiger partial charge in [-0.05, 0) is 59.6 Å². The van der Waals surface area contributed by atoms with Crippen molar-refractivity contribution in [2.45, 2.75) is 26.5 Å². The number of halogens is 3. The van der Waals surface area contributed by atoms with Crippen LogP contribution in [0.5, 0.6) is 11.5 Å². The third kappa shape index (κ3) is 6.06. The van der Waals surface area contributed by atoms with Crippen LogP contribution >= 0.6 is 15.9 Å². The summed E-state index contributed by atoms with van der Waals surface area (Å²) in [7, 11) is 1.58. The molecule has 3 rings (SSSR count). The van der Waals surface area contributed by atoms with E-state index >= 15 is 0 Å². The molecule has 1 amide bonds. The normalized spacial score (nSPS) is 11.8. The molecule has 33 heavy (non-hydrogen) atoms. The van der Waals surface area contributed by atoms with Gasteiger partial charge < -0.3 is 19.4 Å². The molecule has 0 aliphatic heterocycles. The Bertz CT molecular complexity index is 1210. The lowest BCUT2D eigenvalue weighted by Gasteiger charge is -2.15. The second-order valence-corrected chi connectivity index (χ2v) is 8.28. The van der Waals surface area contributed by atoms with Gasteiger partial charge in [0, 0.05) is 37.0 Å². The zero-order chi connectivity index (χ0) is 24.1. The lowest BCUT2D eigenvalue weighted by molar-refractivity contribution is 0.0870. The molecule has 1 heterocycles. The molecule has 1 unspecified atom stereocenters. The molecule has 1 N–H and O–H groups in total. The Labute approximate surface area is 198 Å². The summed E-state index contributed by atoms with van der Waals surface area (Å²) in [4.78, 5) is 25.1. The van der Waals surface area contributed by atoms with Crippen LogP contribution < -0.4 is 15.6 Å². The molecule has 1 aromatic heterocycles. The zero-order valence-electron chi connectivity index (χ0n) is 18.3. The second-order valence-electron chi connectivity index (χ2n) is 7.49. The smallest absolute Gasteiger partial charge is 0.269 e. The third-order valence-corrected chi connectivity index (χ3v) is 5.77. The lowest BCUT2D eigenvalue weighted by Crippen LogP contribution is -2.31. The Hall–Kier alpha value is -3.04. The van der Waals surface area contributed by atoms with Gasteiger partial charge in [0.2, 0.25) is 0 Å². The van der Waals surface area contributed by atoms with Crippen LogP contribution in [0.3, 0.4) is 0 Å². The van der Waals surface area contributed by atoms with Gasteiger partial charge in [0.1, 0.15) is 16.0 Å². The number of amides is 1. The van der Waals surface area contributed by atoms with Gasteiger partial charge in [0.25, 0.3) is 11.5 Å². The monoisotopic (exact) mass is 520 g/mol. The van der Waals surface area contributed by atoms with Gasteiger partial charge in [-0.15, -0.1) is 0 Å². The molecule has 0 bridgehead atoms. The fourth-order valence-electron chi connectivity index (χ4n) is 3.03. The highest BCUT2D eigenvalue weighted by atomic mass is 79.9. The van der Waals surface area contributed by atoms with Gasteiger partial charge >= 0.3 is 0 Å². The quantitative estimate of drug-likeness (QED) is 0.463. The molecule has 6 nitrogen and oxygen atoms in total. The summed E-state index contributed by atoms with van der Waals surface area (Å²) in [6.45, 7) is 4.24. The van der Waals surface area contributed by atoms with E-state index in [1.165, 1.54) is 4.57 Å². The summed E-state index contributed by atoms with van der Waals surface area (Å²) in [5.41, 5.74) is 1.52. The molecule has 0 saturated carbocycles. The van der Waals surface area contributed by atoms with E-state index in [4.69, 9.17) is 9.47 Å². The molecule has 2 aromatic carbocycles. The van der Waals surface area contributed by atoms with Crippen LogP contribution in [0.25, 0.3) is 0 Å². The highest BCUT2D eigenvalue weighted by Crippen LogP contribution is 2.30. The van der Waals surface area contributed by atoms with Gasteiger partial charge in [-0.2, -0.15) is 0 Å². The first-order valence-electron chi connectivity index (χ1n) is 10.1. The topological polar surface area (TPSA) is 69.6 Å². The number of carbonyl (C=O) groups excluding carboxylic acids is 1. The molecule has 0 spiro atoms. The number of hydrogen-bond acceptors (Lipinski definition) is 4. The van der Waals surface area contributed by atoms with E-state index < -0.39 is 11.6 Å². The molecule has 9 heteroatoms. The molecule has 0 fully saturated rings. The van der Waals surface area contributed by atoms with Gasteiger partial charge in [0.05, 0.1) is 12.6 Å². The highest BCUT2D eigenvalue weighted by Gasteiger charge is 2.15. The number of ether oxygens (including phenoxy) is 2. The van der Waals surface area contributed by atoms with Crippen molar-refractivity contribution in [3.63, 3.8) is 0 Å². The SMILES string of the molecule is COC(C)CNC(=O)c1ccc(Cn2c(C)cc(Oc3ccc(F)cc3F)c(Br)c2=O)cc1. The van der Waals surface area contributed by atoms with Crippen LogP contribution in [0, 0.1) is 18.6 Å². The predicted octanol–water partition coefficient (Wildman–Crippen LogP) is 4.80. The van der Waals surface area contributed by atoms with E-state index in [9.17, 15) is 18.4 Å². The maximum Gasteiger partial charge on any atom is 0.269 e. The number of aromatic nitrogens is 1. The average molecular weight is 521 g/mol. The third-order valence-electron chi connectivity index (χ3n) is 5.04. The molecule has 3 aromatic rings. The summed E-state index contributed by atoms with van der Waals surface area (Å²) in [6, 6.07) is 11.4. The Balaban J connectivity index is 1.77. The largest absolute Gasteiger partial charge is 0.453 e. The molecular weight excluding hydrogens is 498 g/mol. The van der Waals surface area contributed by atoms with Gasteiger partial charge in [-0.25, -0.2) is 8.78 Å². The Morgan fingerprint density at radius 2 is 1.82 bits per heavy atom. The minimum absolute atomic E-state index is 0.0898. The molecule has 0 saturated heterocycles. The van der Waals surface area contributed by atoms with E-state index in [-0.39, 0.29) is 40.1 Å². The Morgan fingerprint density at radius 3 is 2.45 bits per heavy atom. The number of carbonyl (C=O) groups is 1. The summed E-state index contributed by atoms with van der Waals surface area (Å²) >= 11 is 3.22. The number of benzene rings is 2. The summed E-state index contributed by atoms with van der Waals surface area (Å²) in [5.74, 6) is -1.88. The first kappa shape index (κ1) is 24.6. The molecule has 0 aliphatic carbocycles. The molecule has 0 radical (unpaired) electrons. The number of nitrogens with zero attached hydrogens (tertiary/aromatic N) is 1. The summed E-state index contributed by atoms with van der Waals surface area (Å²) in [5, 5.41) is 2.79. The average Bonchev–Trinajstić information content (AvgIpc) is 2.80. The number of hydrogen-bond donors (Lipinski definition) is 1. The Kier molecular flexibility index (Phi) is 7.99. The molecule has 174 valence electrons. The number of methoxy groups -OCH3 is 1. The van der Waals surface area contributed by atoms with Crippen LogP contribution in [-0.2, 0) is 11.3 Å². The van der Waals surface area contributed by atoms with Crippen molar-refractivity contribution < 1.29 is 23.0 Å². The highest BCUT2D eigenvalue weighted by molar-refractivity contribution is 9.10. The van der Waals surface area contributed by atoms with Crippen LogP contribution in [0.2, 0.25) is 0 Å². The van der Waals surface area contributed by atoms with Crippen LogP contribution in [0.15, 0.2) is 57.8 Å². The minimum atomic E-state index is -0.871. The number of aryl methyl sites for hydroxylation is 1. The van der Waals surface area contributed by atoms with Crippen molar-refractivity contribution in [2.75, 3.05) is 13.7 Å². The summed E-state index contributed by atoms with van der Waals surface area (Å²) in [6.07, 6.45) is -0.0898. The number of pyridine rings is 1. The Morgan fingerprint density at radius 1 is 1.12 bits per heavy atom. The van der Waals surface area contributed by atoms with E-state index in [1.807, 2.05) is 6.92 Å². The first-order chi connectivity index (χ1) is 15.7. The van der Waals surface area contributed by atoms with E-state index in [2.05, 4.69) is 21.2 Å². The van der Waals surface area contributed by atoms with Crippen LogP contribution in [0.1, 0.15) is 28.5 Å². The van der Waals surface area contributed by atoms with Crippen molar-refractivity contribution in [1.29, 1.82) is 0 Å². The van der Waals surface area contributed by atoms with Crippen molar-refractivity contribution in [2.24, 2.45) is 0 Å². The molecule has 0 aliphatic rings. The predicted molar refractivity (Wildman–Crippen MR) is 124 cm³/mol. The fourth-order valence-corrected chi connectivity index (χ4v) is 3.44.